The molecule has 0 saturated heterocycles. The van der Waals surface area contributed by atoms with Crippen molar-refractivity contribution in [2.24, 2.45) is 0 Å². The third-order valence-corrected chi connectivity index (χ3v) is 7.38. The van der Waals surface area contributed by atoms with Crippen molar-refractivity contribution in [2.75, 3.05) is 0 Å². The van der Waals surface area contributed by atoms with E-state index in [0.29, 0.717) is 33.8 Å². The average molecular weight is 563 g/mol. The highest BCUT2D eigenvalue weighted by atomic mass is 16.7. The van der Waals surface area contributed by atoms with Crippen molar-refractivity contribution in [2.45, 2.75) is 77.4 Å². The molecule has 4 nitrogen and oxygen atoms in total. The molecular weight excluding hydrogens is 520 g/mol. The molecular formula is C38H42O4. The zero-order valence-electron chi connectivity index (χ0n) is 24.7. The second-order valence-corrected chi connectivity index (χ2v) is 10.7. The zero-order chi connectivity index (χ0) is 29.4. The van der Waals surface area contributed by atoms with Gasteiger partial charge >= 0.3 is 0 Å². The first kappa shape index (κ1) is 30.8. The molecule has 4 aromatic rings. The number of hydrogen-bond donors (Lipinski definition) is 0. The molecule has 0 spiro atoms. The van der Waals surface area contributed by atoms with Gasteiger partial charge in [-0.1, -0.05) is 119 Å². The zero-order valence-corrected chi connectivity index (χ0v) is 24.7. The fraction of sp³-hybridized carbons (Fsp3) is 0.316. The molecule has 0 amide bonds. The maximum absolute atomic E-state index is 12.8. The van der Waals surface area contributed by atoms with E-state index in [2.05, 4.69) is 6.92 Å². The van der Waals surface area contributed by atoms with Crippen molar-refractivity contribution in [3.8, 4) is 11.5 Å². The Labute approximate surface area is 250 Å². The highest BCUT2D eigenvalue weighted by molar-refractivity contribution is 6.09. The van der Waals surface area contributed by atoms with Crippen LogP contribution in [0.2, 0.25) is 0 Å². The molecule has 0 atom stereocenters. The second kappa shape index (κ2) is 16.9. The summed E-state index contributed by atoms with van der Waals surface area (Å²) in [4.78, 5) is 25.6. The Morgan fingerprint density at radius 3 is 1.24 bits per heavy atom. The molecule has 0 aliphatic carbocycles. The van der Waals surface area contributed by atoms with Gasteiger partial charge in [0.15, 0.2) is 11.6 Å². The summed E-state index contributed by atoms with van der Waals surface area (Å²) in [5.41, 5.74) is 2.55. The minimum atomic E-state index is -0.485. The van der Waals surface area contributed by atoms with Gasteiger partial charge in [-0.05, 0) is 55.0 Å². The van der Waals surface area contributed by atoms with Gasteiger partial charge in [0, 0.05) is 28.7 Å². The molecule has 42 heavy (non-hydrogen) atoms. The highest BCUT2D eigenvalue weighted by Crippen LogP contribution is 2.23. The lowest BCUT2D eigenvalue weighted by Crippen LogP contribution is -2.24. The Hall–Kier alpha value is -4.18. The number of carbonyl (C=O) groups is 2. The first-order valence-corrected chi connectivity index (χ1v) is 15.4. The van der Waals surface area contributed by atoms with Crippen LogP contribution in [0.25, 0.3) is 0 Å². The van der Waals surface area contributed by atoms with Crippen molar-refractivity contribution in [1.82, 2.24) is 0 Å². The standard InChI is InChI=1S/C38H42O4/c1-2-3-4-5-6-7-8-9-16-21-36(41-34-26-22-32(23-27-34)37(39)30-17-12-10-13-18-30)42-35-28-24-33(25-29-35)38(40)31-19-14-11-15-20-31/h10-15,17-20,22-29,36H,2-9,16,21H2,1H3. The Kier molecular flexibility index (Phi) is 12.4. The molecule has 0 N–H and O–H groups in total. The summed E-state index contributed by atoms with van der Waals surface area (Å²) >= 11 is 0. The van der Waals surface area contributed by atoms with Gasteiger partial charge in [-0.15, -0.1) is 0 Å². The minimum Gasteiger partial charge on any atom is -0.455 e. The van der Waals surface area contributed by atoms with Crippen LogP contribution in [-0.4, -0.2) is 17.9 Å². The van der Waals surface area contributed by atoms with Crippen LogP contribution >= 0.6 is 0 Å². The summed E-state index contributed by atoms with van der Waals surface area (Å²) in [6.45, 7) is 2.25. The summed E-state index contributed by atoms with van der Waals surface area (Å²) in [6.07, 6.45) is 11.4. The van der Waals surface area contributed by atoms with Crippen molar-refractivity contribution in [3.63, 3.8) is 0 Å². The predicted octanol–water partition coefficient (Wildman–Crippen LogP) is 9.85. The Bertz CT molecular complexity index is 1250. The number of hydrogen-bond acceptors (Lipinski definition) is 4. The van der Waals surface area contributed by atoms with Crippen LogP contribution in [-0.2, 0) is 0 Å². The van der Waals surface area contributed by atoms with E-state index in [1.165, 1.54) is 44.9 Å². The van der Waals surface area contributed by atoms with Gasteiger partial charge in [0.1, 0.15) is 11.5 Å². The molecule has 4 rings (SSSR count). The molecule has 0 aromatic heterocycles. The summed E-state index contributed by atoms with van der Waals surface area (Å²) in [7, 11) is 0. The van der Waals surface area contributed by atoms with E-state index in [0.717, 1.165) is 19.3 Å². The number of ketones is 2. The van der Waals surface area contributed by atoms with Crippen LogP contribution in [0.4, 0.5) is 0 Å². The Morgan fingerprint density at radius 1 is 0.476 bits per heavy atom. The molecule has 0 aliphatic rings. The molecule has 0 unspecified atom stereocenters. The Balaban J connectivity index is 1.36. The molecule has 0 radical (unpaired) electrons. The first-order valence-electron chi connectivity index (χ1n) is 15.4. The predicted molar refractivity (Wildman–Crippen MR) is 170 cm³/mol. The summed E-state index contributed by atoms with van der Waals surface area (Å²) < 4.78 is 12.6. The summed E-state index contributed by atoms with van der Waals surface area (Å²) in [6, 6.07) is 33.0. The van der Waals surface area contributed by atoms with Crippen LogP contribution in [0.3, 0.4) is 0 Å². The second-order valence-electron chi connectivity index (χ2n) is 10.7. The van der Waals surface area contributed by atoms with E-state index in [1.54, 1.807) is 24.3 Å². The van der Waals surface area contributed by atoms with Crippen molar-refractivity contribution >= 4 is 11.6 Å². The lowest BCUT2D eigenvalue weighted by molar-refractivity contribution is -0.00246. The molecule has 0 bridgehead atoms. The lowest BCUT2D eigenvalue weighted by atomic mass is 10.0. The van der Waals surface area contributed by atoms with E-state index in [4.69, 9.17) is 9.47 Å². The van der Waals surface area contributed by atoms with Gasteiger partial charge in [0.25, 0.3) is 0 Å². The van der Waals surface area contributed by atoms with Gasteiger partial charge in [0.05, 0.1) is 0 Å². The number of benzene rings is 4. The molecule has 0 saturated carbocycles. The van der Waals surface area contributed by atoms with Gasteiger partial charge < -0.3 is 9.47 Å². The summed E-state index contributed by atoms with van der Waals surface area (Å²) in [5, 5.41) is 0. The average Bonchev–Trinajstić information content (AvgIpc) is 3.05. The Morgan fingerprint density at radius 2 is 0.833 bits per heavy atom. The highest BCUT2D eigenvalue weighted by Gasteiger charge is 2.15. The van der Waals surface area contributed by atoms with Gasteiger partial charge in [-0.3, -0.25) is 9.59 Å². The van der Waals surface area contributed by atoms with E-state index in [9.17, 15) is 9.59 Å². The van der Waals surface area contributed by atoms with Crippen LogP contribution in [0.15, 0.2) is 109 Å². The SMILES string of the molecule is CCCCCCCCCCCC(Oc1ccc(C(=O)c2ccccc2)cc1)Oc1ccc(C(=O)c2ccccc2)cc1. The molecule has 4 heteroatoms. The van der Waals surface area contributed by atoms with Gasteiger partial charge in [0.2, 0.25) is 6.29 Å². The molecule has 218 valence electrons. The van der Waals surface area contributed by atoms with Crippen molar-refractivity contribution in [1.29, 1.82) is 0 Å². The number of unbranched alkanes of at least 4 members (excludes halogenated alkanes) is 8. The number of rotatable bonds is 18. The molecule has 0 aliphatic heterocycles. The monoisotopic (exact) mass is 562 g/mol. The third kappa shape index (κ3) is 9.73. The van der Waals surface area contributed by atoms with Crippen LogP contribution in [0, 0.1) is 0 Å². The third-order valence-electron chi connectivity index (χ3n) is 7.38. The number of ether oxygens (including phenoxy) is 2. The van der Waals surface area contributed by atoms with Crippen LogP contribution < -0.4 is 9.47 Å². The van der Waals surface area contributed by atoms with E-state index in [1.807, 2.05) is 84.9 Å². The van der Waals surface area contributed by atoms with Crippen molar-refractivity contribution in [3.05, 3.63) is 131 Å². The largest absolute Gasteiger partial charge is 0.455 e. The maximum atomic E-state index is 12.8. The molecule has 0 heterocycles. The fourth-order valence-corrected chi connectivity index (χ4v) is 4.95. The van der Waals surface area contributed by atoms with E-state index >= 15 is 0 Å². The van der Waals surface area contributed by atoms with Crippen molar-refractivity contribution < 1.29 is 19.1 Å². The topological polar surface area (TPSA) is 52.6 Å². The first-order chi connectivity index (χ1) is 20.6. The smallest absolute Gasteiger partial charge is 0.241 e. The molecule has 4 aromatic carbocycles. The maximum Gasteiger partial charge on any atom is 0.241 e. The quantitative estimate of drug-likeness (QED) is 0.0688. The normalized spacial score (nSPS) is 10.9. The fourth-order valence-electron chi connectivity index (χ4n) is 4.95. The van der Waals surface area contributed by atoms with E-state index < -0.39 is 6.29 Å². The number of carbonyl (C=O) groups excluding carboxylic acids is 2. The van der Waals surface area contributed by atoms with Crippen LogP contribution in [0.5, 0.6) is 11.5 Å². The van der Waals surface area contributed by atoms with Gasteiger partial charge in [-0.2, -0.15) is 0 Å². The molecule has 0 fully saturated rings. The minimum absolute atomic E-state index is 0.0187. The summed E-state index contributed by atoms with van der Waals surface area (Å²) in [5.74, 6) is 1.26. The van der Waals surface area contributed by atoms with Crippen LogP contribution in [0.1, 0.15) is 103 Å². The van der Waals surface area contributed by atoms with Gasteiger partial charge in [-0.25, -0.2) is 0 Å². The van der Waals surface area contributed by atoms with E-state index in [-0.39, 0.29) is 11.6 Å². The lowest BCUT2D eigenvalue weighted by Gasteiger charge is -2.21.